The molecular formula is C36H66O5. The number of allylic oxidation sites excluding steroid dienone is 2. The first kappa shape index (κ1) is 39.4. The molecule has 0 aromatic heterocycles. The van der Waals surface area contributed by atoms with E-state index < -0.39 is 5.97 Å². The molecule has 0 aromatic carbocycles. The minimum Gasteiger partial charge on any atom is -0.481 e. The van der Waals surface area contributed by atoms with E-state index >= 15 is 0 Å². The summed E-state index contributed by atoms with van der Waals surface area (Å²) in [5.41, 5.74) is 0. The molecule has 0 bridgehead atoms. The van der Waals surface area contributed by atoms with Crippen LogP contribution in [0.5, 0.6) is 0 Å². The van der Waals surface area contributed by atoms with Crippen LogP contribution < -0.4 is 0 Å². The lowest BCUT2D eigenvalue weighted by atomic mass is 10.1. The highest BCUT2D eigenvalue weighted by molar-refractivity contribution is 5.69. The maximum Gasteiger partial charge on any atom is 0.306 e. The number of rotatable bonds is 31. The Bertz CT molecular complexity index is 642. The van der Waals surface area contributed by atoms with E-state index in [1.165, 1.54) is 51.4 Å². The quantitative estimate of drug-likeness (QED) is 0.0485. The fourth-order valence-electron chi connectivity index (χ4n) is 5.06. The van der Waals surface area contributed by atoms with Gasteiger partial charge in [0.2, 0.25) is 0 Å². The number of carboxylic acids is 1. The normalized spacial score (nSPS) is 13.2. The molecule has 0 aromatic rings. The molecule has 0 spiro atoms. The smallest absolute Gasteiger partial charge is 0.306 e. The van der Waals surface area contributed by atoms with Gasteiger partial charge in [-0.15, -0.1) is 0 Å². The van der Waals surface area contributed by atoms with Gasteiger partial charge in [0.05, 0.1) is 6.10 Å². The first-order chi connectivity index (χ1) is 20.0. The Morgan fingerprint density at radius 1 is 0.585 bits per heavy atom. The van der Waals surface area contributed by atoms with Crippen LogP contribution in [0.4, 0.5) is 0 Å². The zero-order chi connectivity index (χ0) is 30.2. The Balaban J connectivity index is 3.96. The molecule has 0 aliphatic heterocycles. The lowest BCUT2D eigenvalue weighted by Gasteiger charge is -2.16. The summed E-state index contributed by atoms with van der Waals surface area (Å²) >= 11 is 0. The van der Waals surface area contributed by atoms with Crippen molar-refractivity contribution in [1.82, 2.24) is 0 Å². The summed E-state index contributed by atoms with van der Waals surface area (Å²) in [5, 5.41) is 18.7. The Morgan fingerprint density at radius 2 is 1.07 bits per heavy atom. The predicted molar refractivity (Wildman–Crippen MR) is 173 cm³/mol. The molecule has 0 aliphatic carbocycles. The number of aliphatic hydroxyl groups excluding tert-OH is 1. The third kappa shape index (κ3) is 31.2. The van der Waals surface area contributed by atoms with E-state index in [9.17, 15) is 14.7 Å². The number of carbonyl (C=O) groups is 2. The monoisotopic (exact) mass is 578 g/mol. The maximum absolute atomic E-state index is 12.5. The first-order valence-corrected chi connectivity index (χ1v) is 17.4. The van der Waals surface area contributed by atoms with Gasteiger partial charge in [0.1, 0.15) is 6.10 Å². The van der Waals surface area contributed by atoms with Crippen LogP contribution in [0.25, 0.3) is 0 Å². The summed E-state index contributed by atoms with van der Waals surface area (Å²) < 4.78 is 5.88. The lowest BCUT2D eigenvalue weighted by Crippen LogP contribution is -2.17. The van der Waals surface area contributed by atoms with Gasteiger partial charge in [0, 0.05) is 19.3 Å². The Hall–Kier alpha value is -1.62. The molecule has 2 N–H and O–H groups in total. The standard InChI is InChI=1S/C36H66O5/c1-3-5-7-21-27-33(37)28-22-17-13-9-12-16-20-26-32-36(40)41-34(29-23-8-6-4-2)30-24-18-14-10-11-15-19-25-31-35(38)39/h17-18,22,24,33-34,37H,3-16,19-21,23,25-32H2,1-2H3,(H,38,39)/t33-,34?/m1/s1. The molecule has 240 valence electrons. The van der Waals surface area contributed by atoms with Gasteiger partial charge in [-0.2, -0.15) is 0 Å². The summed E-state index contributed by atoms with van der Waals surface area (Å²) in [6, 6.07) is 0. The average molecular weight is 579 g/mol. The van der Waals surface area contributed by atoms with Crippen LogP contribution in [0, 0.1) is 0 Å². The maximum atomic E-state index is 12.5. The summed E-state index contributed by atoms with van der Waals surface area (Å²) in [4.78, 5) is 23.0. The van der Waals surface area contributed by atoms with E-state index in [1.807, 2.05) is 0 Å². The molecule has 2 atom stereocenters. The number of esters is 1. The Morgan fingerprint density at radius 3 is 1.66 bits per heavy atom. The summed E-state index contributed by atoms with van der Waals surface area (Å²) in [6.07, 6.45) is 35.2. The highest BCUT2D eigenvalue weighted by Crippen LogP contribution is 2.16. The van der Waals surface area contributed by atoms with Crippen molar-refractivity contribution >= 4 is 11.9 Å². The van der Waals surface area contributed by atoms with Crippen molar-refractivity contribution in [3.63, 3.8) is 0 Å². The predicted octanol–water partition coefficient (Wildman–Crippen LogP) is 10.6. The summed E-state index contributed by atoms with van der Waals surface area (Å²) in [5.74, 6) is -0.745. The topological polar surface area (TPSA) is 83.8 Å². The molecule has 0 rings (SSSR count). The number of hydrogen-bond donors (Lipinski definition) is 2. The second-order valence-electron chi connectivity index (χ2n) is 11.9. The van der Waals surface area contributed by atoms with Crippen LogP contribution >= 0.6 is 0 Å². The van der Waals surface area contributed by atoms with Crippen LogP contribution in [0.1, 0.15) is 181 Å². The fraction of sp³-hybridized carbons (Fsp3) is 0.833. The number of aliphatic hydroxyl groups is 1. The average Bonchev–Trinajstić information content (AvgIpc) is 2.95. The van der Waals surface area contributed by atoms with Crippen LogP contribution in [0.2, 0.25) is 0 Å². The van der Waals surface area contributed by atoms with Crippen molar-refractivity contribution in [2.75, 3.05) is 0 Å². The van der Waals surface area contributed by atoms with E-state index in [4.69, 9.17) is 9.84 Å². The molecule has 0 fully saturated rings. The van der Waals surface area contributed by atoms with Gasteiger partial charge in [0.25, 0.3) is 0 Å². The zero-order valence-corrected chi connectivity index (χ0v) is 27.0. The molecule has 1 unspecified atom stereocenters. The molecule has 0 saturated heterocycles. The Kier molecular flexibility index (Phi) is 30.1. The number of aliphatic carboxylic acids is 1. The first-order valence-electron chi connectivity index (χ1n) is 17.4. The molecule has 0 radical (unpaired) electrons. The van der Waals surface area contributed by atoms with E-state index in [2.05, 4.69) is 38.2 Å². The second-order valence-corrected chi connectivity index (χ2v) is 11.9. The third-order valence-corrected chi connectivity index (χ3v) is 7.72. The van der Waals surface area contributed by atoms with E-state index in [-0.39, 0.29) is 24.6 Å². The molecule has 41 heavy (non-hydrogen) atoms. The molecule has 5 nitrogen and oxygen atoms in total. The van der Waals surface area contributed by atoms with Crippen molar-refractivity contribution in [1.29, 1.82) is 0 Å². The van der Waals surface area contributed by atoms with Crippen LogP contribution in [0.3, 0.4) is 0 Å². The number of carbonyl (C=O) groups excluding carboxylic acids is 1. The van der Waals surface area contributed by atoms with E-state index in [0.717, 1.165) is 103 Å². The minimum atomic E-state index is -0.700. The van der Waals surface area contributed by atoms with Crippen molar-refractivity contribution in [2.24, 2.45) is 0 Å². The van der Waals surface area contributed by atoms with Gasteiger partial charge in [-0.05, 0) is 64.2 Å². The van der Waals surface area contributed by atoms with E-state index in [1.54, 1.807) is 0 Å². The SMILES string of the molecule is CCCCCCC(CC=CCCCCCCCC(=O)O)OC(=O)CCCCCCCC=CC[C@H](O)CCCCCC. The van der Waals surface area contributed by atoms with Gasteiger partial charge < -0.3 is 14.9 Å². The molecule has 0 heterocycles. The summed E-state index contributed by atoms with van der Waals surface area (Å²) in [6.45, 7) is 4.42. The molecule has 0 saturated carbocycles. The molecule has 5 heteroatoms. The number of carboxylic acid groups (broad SMARTS) is 1. The van der Waals surface area contributed by atoms with Gasteiger partial charge >= 0.3 is 11.9 Å². The lowest BCUT2D eigenvalue weighted by molar-refractivity contribution is -0.149. The van der Waals surface area contributed by atoms with Gasteiger partial charge in [-0.1, -0.05) is 122 Å². The molecule has 0 amide bonds. The fourth-order valence-corrected chi connectivity index (χ4v) is 5.06. The summed E-state index contributed by atoms with van der Waals surface area (Å²) in [7, 11) is 0. The zero-order valence-electron chi connectivity index (χ0n) is 27.0. The van der Waals surface area contributed by atoms with Gasteiger partial charge in [-0.25, -0.2) is 0 Å². The number of ether oxygens (including phenoxy) is 1. The molecular weight excluding hydrogens is 512 g/mol. The van der Waals surface area contributed by atoms with Crippen molar-refractivity contribution < 1.29 is 24.5 Å². The van der Waals surface area contributed by atoms with Crippen molar-refractivity contribution in [2.45, 2.75) is 193 Å². The van der Waals surface area contributed by atoms with Gasteiger partial charge in [0.15, 0.2) is 0 Å². The molecule has 0 aliphatic rings. The Labute approximate surface area is 253 Å². The third-order valence-electron chi connectivity index (χ3n) is 7.72. The number of unbranched alkanes of at least 4 members (excludes halogenated alkanes) is 16. The van der Waals surface area contributed by atoms with Gasteiger partial charge in [-0.3, -0.25) is 9.59 Å². The van der Waals surface area contributed by atoms with Crippen LogP contribution in [-0.4, -0.2) is 34.4 Å². The van der Waals surface area contributed by atoms with Crippen LogP contribution in [-0.2, 0) is 14.3 Å². The van der Waals surface area contributed by atoms with Crippen molar-refractivity contribution in [3.05, 3.63) is 24.3 Å². The highest BCUT2D eigenvalue weighted by atomic mass is 16.5. The largest absolute Gasteiger partial charge is 0.481 e. The minimum absolute atomic E-state index is 0.00623. The van der Waals surface area contributed by atoms with Crippen LogP contribution in [0.15, 0.2) is 24.3 Å². The number of hydrogen-bond acceptors (Lipinski definition) is 4. The highest BCUT2D eigenvalue weighted by Gasteiger charge is 2.13. The second kappa shape index (κ2) is 31.3. The van der Waals surface area contributed by atoms with Crippen molar-refractivity contribution in [3.8, 4) is 0 Å². The van der Waals surface area contributed by atoms with E-state index in [0.29, 0.717) is 6.42 Å².